The quantitative estimate of drug-likeness (QED) is 0.762. The van der Waals surface area contributed by atoms with E-state index in [4.69, 9.17) is 9.84 Å². The predicted octanol–water partition coefficient (Wildman–Crippen LogP) is -0.238. The van der Waals surface area contributed by atoms with Crippen molar-refractivity contribution in [1.82, 2.24) is 14.9 Å². The van der Waals surface area contributed by atoms with E-state index in [2.05, 4.69) is 9.97 Å². The van der Waals surface area contributed by atoms with Crippen LogP contribution in [0.2, 0.25) is 0 Å². The van der Waals surface area contributed by atoms with Gasteiger partial charge in [0.1, 0.15) is 6.33 Å². The van der Waals surface area contributed by atoms with Crippen LogP contribution in [-0.4, -0.2) is 51.7 Å². The average molecular weight is 223 g/mol. The van der Waals surface area contributed by atoms with Crippen LogP contribution in [0.4, 0.5) is 0 Å². The van der Waals surface area contributed by atoms with Crippen LogP contribution in [0.5, 0.6) is 0 Å². The molecule has 0 saturated carbocycles. The summed E-state index contributed by atoms with van der Waals surface area (Å²) >= 11 is 0. The van der Waals surface area contributed by atoms with Crippen LogP contribution in [0, 0.1) is 0 Å². The van der Waals surface area contributed by atoms with Crippen LogP contribution in [0.15, 0.2) is 18.6 Å². The highest BCUT2D eigenvalue weighted by Crippen LogP contribution is 2.08. The number of rotatable bonds is 3. The van der Waals surface area contributed by atoms with Crippen molar-refractivity contribution in [3.63, 3.8) is 0 Å². The highest BCUT2D eigenvalue weighted by Gasteiger charge is 2.26. The molecule has 0 spiro atoms. The third kappa shape index (κ3) is 2.74. The van der Waals surface area contributed by atoms with E-state index in [1.54, 1.807) is 6.20 Å². The van der Waals surface area contributed by atoms with Crippen LogP contribution in [0.3, 0.4) is 0 Å². The fraction of sp³-hybridized carbons (Fsp3) is 0.500. The van der Waals surface area contributed by atoms with Crippen LogP contribution in [-0.2, 0) is 16.1 Å². The maximum absolute atomic E-state index is 10.8. The fourth-order valence-corrected chi connectivity index (χ4v) is 1.64. The Morgan fingerprint density at radius 2 is 2.56 bits per heavy atom. The Morgan fingerprint density at radius 1 is 1.69 bits per heavy atom. The molecule has 16 heavy (non-hydrogen) atoms. The molecule has 0 aromatic carbocycles. The molecule has 0 amide bonds. The lowest BCUT2D eigenvalue weighted by atomic mass is 10.2. The average Bonchev–Trinajstić information content (AvgIpc) is 2.30. The largest absolute Gasteiger partial charge is 0.479 e. The number of ether oxygens (including phenoxy) is 1. The van der Waals surface area contributed by atoms with Gasteiger partial charge in [-0.05, 0) is 6.07 Å². The van der Waals surface area contributed by atoms with Crippen LogP contribution in [0.25, 0.3) is 0 Å². The van der Waals surface area contributed by atoms with E-state index >= 15 is 0 Å². The first-order valence-corrected chi connectivity index (χ1v) is 5.07. The van der Waals surface area contributed by atoms with Gasteiger partial charge in [-0.15, -0.1) is 0 Å². The number of carboxylic acids is 1. The first-order valence-electron chi connectivity index (χ1n) is 5.07. The maximum Gasteiger partial charge on any atom is 0.334 e. The van der Waals surface area contributed by atoms with Gasteiger partial charge in [-0.2, -0.15) is 0 Å². The van der Waals surface area contributed by atoms with E-state index in [-0.39, 0.29) is 0 Å². The van der Waals surface area contributed by atoms with Gasteiger partial charge in [0.05, 0.1) is 12.3 Å². The number of carbonyl (C=O) groups is 1. The van der Waals surface area contributed by atoms with Gasteiger partial charge in [-0.1, -0.05) is 0 Å². The van der Waals surface area contributed by atoms with Crippen LogP contribution in [0.1, 0.15) is 5.69 Å². The predicted molar refractivity (Wildman–Crippen MR) is 54.7 cm³/mol. The number of nitrogens with zero attached hydrogens (tertiary/aromatic N) is 3. The van der Waals surface area contributed by atoms with Gasteiger partial charge < -0.3 is 9.84 Å². The van der Waals surface area contributed by atoms with E-state index in [1.807, 2.05) is 11.0 Å². The molecule has 2 rings (SSSR count). The number of hydrogen-bond acceptors (Lipinski definition) is 5. The van der Waals surface area contributed by atoms with Crippen molar-refractivity contribution in [1.29, 1.82) is 0 Å². The van der Waals surface area contributed by atoms with Gasteiger partial charge in [0.2, 0.25) is 0 Å². The molecule has 1 fully saturated rings. The summed E-state index contributed by atoms with van der Waals surface area (Å²) in [7, 11) is 0. The summed E-state index contributed by atoms with van der Waals surface area (Å²) in [6, 6.07) is 1.82. The Labute approximate surface area is 92.9 Å². The molecule has 0 aliphatic carbocycles. The summed E-state index contributed by atoms with van der Waals surface area (Å²) in [5, 5.41) is 8.84. The highest BCUT2D eigenvalue weighted by atomic mass is 16.5. The molecule has 1 saturated heterocycles. The monoisotopic (exact) mass is 223 g/mol. The molecule has 1 aliphatic rings. The smallest absolute Gasteiger partial charge is 0.334 e. The first kappa shape index (κ1) is 11.0. The zero-order chi connectivity index (χ0) is 11.4. The number of hydrogen-bond donors (Lipinski definition) is 1. The maximum atomic E-state index is 10.8. The number of aliphatic carboxylic acids is 1. The number of aromatic nitrogens is 2. The SMILES string of the molecule is O=C(O)C1CN(Cc2ccncn2)CCO1. The lowest BCUT2D eigenvalue weighted by Gasteiger charge is -2.30. The Bertz CT molecular complexity index is 358. The van der Waals surface area contributed by atoms with Gasteiger partial charge in [-0.25, -0.2) is 14.8 Å². The Kier molecular flexibility index (Phi) is 3.43. The molecule has 1 N–H and O–H groups in total. The van der Waals surface area contributed by atoms with E-state index in [9.17, 15) is 4.79 Å². The second-order valence-electron chi connectivity index (χ2n) is 3.63. The van der Waals surface area contributed by atoms with Crippen molar-refractivity contribution in [2.24, 2.45) is 0 Å². The molecule has 1 aromatic heterocycles. The van der Waals surface area contributed by atoms with Crippen molar-refractivity contribution >= 4 is 5.97 Å². The molecule has 1 aliphatic heterocycles. The van der Waals surface area contributed by atoms with E-state index in [0.717, 1.165) is 12.2 Å². The van der Waals surface area contributed by atoms with Crippen molar-refractivity contribution < 1.29 is 14.6 Å². The lowest BCUT2D eigenvalue weighted by Crippen LogP contribution is -2.45. The normalized spacial score (nSPS) is 21.9. The zero-order valence-electron chi connectivity index (χ0n) is 8.74. The molecule has 86 valence electrons. The van der Waals surface area contributed by atoms with Gasteiger partial charge in [0.15, 0.2) is 6.10 Å². The highest BCUT2D eigenvalue weighted by molar-refractivity contribution is 5.72. The fourth-order valence-electron chi connectivity index (χ4n) is 1.64. The van der Waals surface area contributed by atoms with Gasteiger partial charge in [-0.3, -0.25) is 4.90 Å². The Balaban J connectivity index is 1.93. The topological polar surface area (TPSA) is 75.5 Å². The Morgan fingerprint density at radius 3 is 3.25 bits per heavy atom. The second kappa shape index (κ2) is 5.00. The van der Waals surface area contributed by atoms with Crippen molar-refractivity contribution in [3.05, 3.63) is 24.3 Å². The van der Waals surface area contributed by atoms with Gasteiger partial charge in [0.25, 0.3) is 0 Å². The number of carboxylic acid groups (broad SMARTS) is 1. The lowest BCUT2D eigenvalue weighted by molar-refractivity contribution is -0.156. The molecule has 2 heterocycles. The third-order valence-electron chi connectivity index (χ3n) is 2.45. The summed E-state index contributed by atoms with van der Waals surface area (Å²) in [5.41, 5.74) is 0.890. The van der Waals surface area contributed by atoms with Crippen LogP contribution < -0.4 is 0 Å². The summed E-state index contributed by atoms with van der Waals surface area (Å²) in [4.78, 5) is 20.7. The van der Waals surface area contributed by atoms with E-state index in [0.29, 0.717) is 19.7 Å². The van der Waals surface area contributed by atoms with Crippen molar-refractivity contribution in [2.75, 3.05) is 19.7 Å². The zero-order valence-corrected chi connectivity index (χ0v) is 8.74. The first-order chi connectivity index (χ1) is 7.75. The minimum atomic E-state index is -0.910. The number of morpholine rings is 1. The van der Waals surface area contributed by atoms with Crippen LogP contribution >= 0.6 is 0 Å². The Hall–Kier alpha value is -1.53. The van der Waals surface area contributed by atoms with Gasteiger partial charge >= 0.3 is 5.97 Å². The molecule has 1 atom stereocenters. The molecule has 6 nitrogen and oxygen atoms in total. The van der Waals surface area contributed by atoms with Crippen molar-refractivity contribution in [3.8, 4) is 0 Å². The summed E-state index contributed by atoms with van der Waals surface area (Å²) in [5.74, 6) is -0.910. The standard InChI is InChI=1S/C10H13N3O3/c14-10(15)9-6-13(3-4-16-9)5-8-1-2-11-7-12-8/h1-2,7,9H,3-6H2,(H,14,15). The summed E-state index contributed by atoms with van der Waals surface area (Å²) in [6.07, 6.45) is 2.44. The van der Waals surface area contributed by atoms with Crippen molar-refractivity contribution in [2.45, 2.75) is 12.6 Å². The molecule has 6 heteroatoms. The summed E-state index contributed by atoms with van der Waals surface area (Å²) in [6.45, 7) is 2.21. The van der Waals surface area contributed by atoms with E-state index < -0.39 is 12.1 Å². The van der Waals surface area contributed by atoms with Gasteiger partial charge in [0, 0.05) is 25.8 Å². The molecular weight excluding hydrogens is 210 g/mol. The molecule has 1 aromatic rings. The molecule has 1 unspecified atom stereocenters. The molecular formula is C10H13N3O3. The second-order valence-corrected chi connectivity index (χ2v) is 3.63. The molecule has 0 radical (unpaired) electrons. The minimum Gasteiger partial charge on any atom is -0.479 e. The molecule has 0 bridgehead atoms. The van der Waals surface area contributed by atoms with E-state index in [1.165, 1.54) is 6.33 Å². The minimum absolute atomic E-state index is 0.402. The summed E-state index contributed by atoms with van der Waals surface area (Å²) < 4.78 is 5.13. The third-order valence-corrected chi connectivity index (χ3v) is 2.45.